The second-order valence-corrected chi connectivity index (χ2v) is 45.0. The molecule has 4 saturated carbocycles. The van der Waals surface area contributed by atoms with Gasteiger partial charge < -0.3 is 133 Å². The molecule has 37 nitrogen and oxygen atoms in total. The van der Waals surface area contributed by atoms with Crippen molar-refractivity contribution in [1.82, 2.24) is 30.7 Å². The number of benzene rings is 4. The van der Waals surface area contributed by atoms with Crippen LogP contribution in [0.2, 0.25) is 0 Å². The minimum atomic E-state index is -2.25. The van der Waals surface area contributed by atoms with E-state index in [1.165, 1.54) is 90.7 Å². The number of fused-ring (bicyclic) bond motifs is 16. The van der Waals surface area contributed by atoms with Crippen molar-refractivity contribution >= 4 is 54.3 Å². The van der Waals surface area contributed by atoms with Crippen molar-refractivity contribution in [2.75, 3.05) is 79.2 Å². The lowest BCUT2D eigenvalue weighted by Gasteiger charge is -2.68. The number of hydrogen-bond donors (Lipinski definition) is 10. The number of esters is 6. The van der Waals surface area contributed by atoms with Gasteiger partial charge in [-0.25, -0.2) is 28.8 Å². The fourth-order valence-electron chi connectivity index (χ4n) is 26.0. The summed E-state index contributed by atoms with van der Waals surface area (Å²) in [5.74, 6) is -7.78. The monoisotopic (exact) mass is 2060 g/mol. The zero-order valence-corrected chi connectivity index (χ0v) is 87.0. The van der Waals surface area contributed by atoms with Crippen molar-refractivity contribution < 1.29 is 152 Å². The molecule has 12 fully saturated rings. The van der Waals surface area contributed by atoms with Gasteiger partial charge in [-0.15, -0.1) is 0 Å². The first-order chi connectivity index (χ1) is 68.6. The van der Waals surface area contributed by atoms with E-state index in [1.54, 1.807) is 185 Å². The average molecular weight is 2060 g/mol. The molecule has 12 N–H and O–H groups in total. The molecule has 0 radical (unpaired) electrons. The quantitative estimate of drug-likeness (QED) is 0.0143. The number of likely N-dealkylation sites (tertiary alicyclic amines) is 3. The SMILES string of the molecule is C.C1CN[C@@H](CN2CCCC2)C1.CC(=O)O[C@@]12COC1C[C@H](O)[C@@]1(C)[C@@H]3OC(C=O)O[C@@H]3C3=C(C)[C@@H](OC(=O)[C@H](O)[C@@H](NC(=O)OC(C)(C)C)c4ccccc4)C[C@@](O)([C@@H](OC(=O)c4ccccc4)[C@@H]12)C3(C)C.CC(=O)O[C@@]12COC1C[C@H](O)[C@@]1(C)[C@@H]3OC(CN4CCC[C@@H]4CN4CCCC4)O[C@@H]3C3=C(C)[C@@H](OC(=O)[C@H](O)[C@@H](NC(=O)OC(C)(C)C)c4ccccc4)C[C@@](O)([C@@H](OC(=O)c4ccccc4)[C@@H]12)C3(C)C.CO.O.[HH]. The van der Waals surface area contributed by atoms with Crippen LogP contribution in [0.5, 0.6) is 0 Å². The van der Waals surface area contributed by atoms with Crippen molar-refractivity contribution in [1.29, 1.82) is 0 Å². The van der Waals surface area contributed by atoms with Crippen LogP contribution in [0.15, 0.2) is 144 Å². The van der Waals surface area contributed by atoms with Gasteiger partial charge in [-0.2, -0.15) is 0 Å². The van der Waals surface area contributed by atoms with Gasteiger partial charge in [0.1, 0.15) is 71.2 Å². The third kappa shape index (κ3) is 22.5. The summed E-state index contributed by atoms with van der Waals surface area (Å²) in [6.07, 6.45) is -13.0. The maximum absolute atomic E-state index is 14.7. The second-order valence-electron chi connectivity index (χ2n) is 45.0. The van der Waals surface area contributed by atoms with E-state index in [9.17, 15) is 73.8 Å². The fraction of sp³-hybridized carbons (Fsp3) is 0.664. The molecular weight excluding hydrogens is 1900 g/mol. The van der Waals surface area contributed by atoms with Crippen molar-refractivity contribution in [3.63, 3.8) is 0 Å². The Hall–Kier alpha value is -9.33. The van der Waals surface area contributed by atoms with Gasteiger partial charge in [0.2, 0.25) is 6.29 Å². The number of nitrogens with one attached hydrogen (secondary N) is 3. The average Bonchev–Trinajstić information content (AvgIpc) is 1.42. The molecule has 18 rings (SSSR count). The number of amides is 2. The van der Waals surface area contributed by atoms with Gasteiger partial charge in [0.05, 0.1) is 72.7 Å². The first kappa shape index (κ1) is 115. The van der Waals surface area contributed by atoms with Crippen molar-refractivity contribution in [2.24, 2.45) is 33.5 Å². The van der Waals surface area contributed by atoms with Crippen LogP contribution >= 0.6 is 0 Å². The van der Waals surface area contributed by atoms with Crippen molar-refractivity contribution in [2.45, 2.75) is 351 Å². The number of aliphatic hydroxyl groups is 7. The van der Waals surface area contributed by atoms with Crippen LogP contribution in [-0.4, -0.2) is 333 Å². The summed E-state index contributed by atoms with van der Waals surface area (Å²) in [5, 5.41) is 92.3. The van der Waals surface area contributed by atoms with Crippen molar-refractivity contribution in [3.8, 4) is 0 Å². The topological polar surface area (TPSA) is 502 Å². The molecule has 37 heteroatoms. The van der Waals surface area contributed by atoms with Crippen LogP contribution in [-0.2, 0) is 90.3 Å². The van der Waals surface area contributed by atoms with E-state index in [-0.39, 0.29) is 64.0 Å². The van der Waals surface area contributed by atoms with Gasteiger partial charge >= 0.3 is 48.0 Å². The Bertz CT molecular complexity index is 5310. The third-order valence-corrected chi connectivity index (χ3v) is 33.1. The van der Waals surface area contributed by atoms with E-state index in [2.05, 4.69) is 30.7 Å². The summed E-state index contributed by atoms with van der Waals surface area (Å²) in [7, 11) is 1.00. The molecule has 4 aromatic carbocycles. The molecular formula is C110H158N6O31. The largest absolute Gasteiger partial charge is 0.456 e. The van der Waals surface area contributed by atoms with Crippen LogP contribution < -0.4 is 16.0 Å². The number of hydrogen-bond acceptors (Lipinski definition) is 34. The summed E-state index contributed by atoms with van der Waals surface area (Å²) >= 11 is 0. The number of aliphatic hydroxyl groups excluding tert-OH is 5. The Balaban J connectivity index is 0.000000231. The van der Waals surface area contributed by atoms with Gasteiger partial charge in [0.15, 0.2) is 36.0 Å². The Labute approximate surface area is 862 Å². The molecule has 8 saturated heterocycles. The number of ether oxygens (including phenoxy) is 14. The summed E-state index contributed by atoms with van der Waals surface area (Å²) in [6, 6.07) is 31.5. The number of rotatable bonds is 23. The molecule has 14 aliphatic rings. The summed E-state index contributed by atoms with van der Waals surface area (Å²) < 4.78 is 88.5. The van der Waals surface area contributed by atoms with E-state index >= 15 is 0 Å². The maximum atomic E-state index is 14.7. The molecule has 6 aliphatic carbocycles. The first-order valence-corrected chi connectivity index (χ1v) is 51.3. The van der Waals surface area contributed by atoms with Crippen LogP contribution in [0.1, 0.15) is 241 Å². The fourth-order valence-corrected chi connectivity index (χ4v) is 26.0. The van der Waals surface area contributed by atoms with Crippen LogP contribution in [0.4, 0.5) is 9.59 Å². The molecule has 814 valence electrons. The predicted molar refractivity (Wildman–Crippen MR) is 536 cm³/mol. The molecule has 4 aromatic rings. The molecule has 8 aliphatic heterocycles. The van der Waals surface area contributed by atoms with Gasteiger partial charge in [0.25, 0.3) is 0 Å². The lowest BCUT2D eigenvalue weighted by molar-refractivity contribution is -0.362. The Morgan fingerprint density at radius 1 is 0.524 bits per heavy atom. The van der Waals surface area contributed by atoms with Gasteiger partial charge in [-0.3, -0.25) is 19.3 Å². The normalized spacial score (nSPS) is 35.0. The predicted octanol–water partition coefficient (Wildman–Crippen LogP) is 9.14. The van der Waals surface area contributed by atoms with Crippen LogP contribution in [0.3, 0.4) is 0 Å². The highest BCUT2D eigenvalue weighted by Gasteiger charge is 2.82. The maximum Gasteiger partial charge on any atom is 0.408 e. The standard InChI is InChI=1S/C54H73N3O14.C45H55NO15.C9H18N2.CH4O.CH4.H2O.H2/c1-31-36(66-48(62)42(60)41(33-18-11-9-12-19-33)55-49(63)71-50(3,4)5)27-54(64)46(69-47(61)34-20-13-10-14-21-34)44-52(8,37(59)26-38-53(44,30-65-38)70-32(2)58)45-43(40(31)51(54,6)7)67-39(68-45)29-57-25-17-22-35(57)28-56-23-15-16-24-56;1-23-27(56-39(52)33(50)32(25-15-11-9-12-16-25)46-40(53)61-41(3,4)5)20-45(54)37(59-38(51)26-17-13-10-14-18-26)35-43(8,28(49)19-29-44(35,22-55-29)60-24(2)48)36-34(31(23)42(45,6)7)57-30(21-47)58-36;1-2-7-11(6-1)8-9-4-3-5-10-9;1-2;;;/h9-14,18-21,35-39,41-46,59-60,64H,15-17,22-30H2,1-8H3,(H,55,63);9-18,21,27-30,32-37,49-50,54H,19-20,22H2,1-8H3,(H,46,53);9-10H,1-8H2;2H,1H3;1H4;1H2;1H/t35-,36+,37+,38?,39?,41+,42-,43-,44+,45-,46+,52-,53+,54-;27-,28-,29?,30?,32-,33+,34+,35-,36+,37-,43+,44-,45+;9-;;;;/m101..../s1. The second kappa shape index (κ2) is 45.7. The smallest absolute Gasteiger partial charge is 0.408 e. The molecule has 28 atom stereocenters. The van der Waals surface area contributed by atoms with Crippen molar-refractivity contribution in [3.05, 3.63) is 166 Å². The highest BCUT2D eigenvalue weighted by molar-refractivity contribution is 5.90. The van der Waals surface area contributed by atoms with E-state index < -0.39 is 232 Å². The minimum absolute atomic E-state index is 0. The third-order valence-electron chi connectivity index (χ3n) is 33.1. The van der Waals surface area contributed by atoms with E-state index in [0.717, 1.165) is 52.2 Å². The molecule has 8 heterocycles. The van der Waals surface area contributed by atoms with Gasteiger partial charge in [-0.05, 0) is 204 Å². The zero-order chi connectivity index (χ0) is 105. The Kier molecular flexibility index (Phi) is 35.7. The number of carbonyl (C=O) groups excluding carboxylic acids is 9. The lowest BCUT2D eigenvalue weighted by atomic mass is 9.44. The van der Waals surface area contributed by atoms with Crippen LogP contribution in [0.25, 0.3) is 0 Å². The molecule has 147 heavy (non-hydrogen) atoms. The van der Waals surface area contributed by atoms with E-state index in [0.29, 0.717) is 46.3 Å². The van der Waals surface area contributed by atoms with E-state index in [4.69, 9.17) is 71.4 Å². The molecule has 0 spiro atoms. The number of alkyl carbamates (subject to hydrolysis) is 2. The molecule has 4 bridgehead atoms. The summed E-state index contributed by atoms with van der Waals surface area (Å²) in [6.45, 7) is 35.8. The molecule has 2 amide bonds. The highest BCUT2D eigenvalue weighted by atomic mass is 16.7. The minimum Gasteiger partial charge on any atom is -0.456 e. The Morgan fingerprint density at radius 2 is 0.918 bits per heavy atom. The molecule has 4 unspecified atom stereocenters. The van der Waals surface area contributed by atoms with Gasteiger partial charge in [0, 0.05) is 101 Å². The first-order valence-electron chi connectivity index (χ1n) is 51.3. The zero-order valence-electron chi connectivity index (χ0n) is 87.0. The number of nitrogens with zero attached hydrogens (tertiary/aromatic N) is 3. The number of aldehydes is 1. The summed E-state index contributed by atoms with van der Waals surface area (Å²) in [4.78, 5) is 131. The Morgan fingerprint density at radius 3 is 1.29 bits per heavy atom. The van der Waals surface area contributed by atoms with Crippen LogP contribution in [0, 0.1) is 33.5 Å². The van der Waals surface area contributed by atoms with Gasteiger partial charge in [-0.1, -0.05) is 146 Å². The summed E-state index contributed by atoms with van der Waals surface area (Å²) in [5.41, 5.74) is -12.5. The molecule has 0 aromatic heterocycles. The lowest BCUT2D eigenvalue weighted by Crippen LogP contribution is -2.82. The van der Waals surface area contributed by atoms with E-state index in [1.807, 2.05) is 20.8 Å². The highest BCUT2D eigenvalue weighted by Crippen LogP contribution is 2.70. The number of carbonyl (C=O) groups is 9.